The van der Waals surface area contributed by atoms with Crippen LogP contribution in [0.15, 0.2) is 30.9 Å². The van der Waals surface area contributed by atoms with Crippen LogP contribution in [-0.2, 0) is 17.8 Å². The minimum Gasteiger partial charge on any atom is -0.368 e. The van der Waals surface area contributed by atoms with E-state index in [2.05, 4.69) is 20.0 Å². The highest BCUT2D eigenvalue weighted by Crippen LogP contribution is 2.21. The first-order valence-corrected chi connectivity index (χ1v) is 8.12. The number of nitrogens with zero attached hydrogens (tertiary/aromatic N) is 6. The van der Waals surface area contributed by atoms with Gasteiger partial charge in [-0.1, -0.05) is 0 Å². The number of anilines is 1. The van der Waals surface area contributed by atoms with Crippen LogP contribution >= 0.6 is 0 Å². The minimum absolute atomic E-state index is 0.0386. The van der Waals surface area contributed by atoms with Gasteiger partial charge in [-0.2, -0.15) is 5.10 Å². The number of carbonyl (C=O) groups is 1. The summed E-state index contributed by atoms with van der Waals surface area (Å²) in [4.78, 5) is 25.4. The Morgan fingerprint density at radius 1 is 1.13 bits per heavy atom. The average molecular weight is 312 g/mol. The molecule has 0 N–H and O–H groups in total. The van der Waals surface area contributed by atoms with E-state index in [-0.39, 0.29) is 11.8 Å². The first-order valence-electron chi connectivity index (χ1n) is 8.12. The van der Waals surface area contributed by atoms with Crippen molar-refractivity contribution in [3.63, 3.8) is 0 Å². The molecular weight excluding hydrogens is 292 g/mol. The number of piperazine rings is 1. The lowest BCUT2D eigenvalue weighted by molar-refractivity contribution is -0.137. The van der Waals surface area contributed by atoms with E-state index in [9.17, 15) is 4.79 Å². The van der Waals surface area contributed by atoms with Crippen molar-refractivity contribution in [3.8, 4) is 0 Å². The maximum atomic E-state index is 12.8. The molecule has 1 saturated heterocycles. The number of fused-ring (bicyclic) bond motifs is 1. The Bertz CT molecular complexity index is 677. The summed E-state index contributed by atoms with van der Waals surface area (Å²) in [5, 5.41) is 4.21. The third-order valence-corrected chi connectivity index (χ3v) is 4.77. The quantitative estimate of drug-likeness (QED) is 0.812. The predicted molar refractivity (Wildman–Crippen MR) is 84.9 cm³/mol. The molecule has 7 nitrogen and oxygen atoms in total. The molecule has 4 heterocycles. The molecule has 7 heteroatoms. The van der Waals surface area contributed by atoms with Crippen LogP contribution in [0.3, 0.4) is 0 Å². The molecule has 0 aliphatic carbocycles. The maximum absolute atomic E-state index is 12.8. The molecule has 1 atom stereocenters. The summed E-state index contributed by atoms with van der Waals surface area (Å²) >= 11 is 0. The largest absolute Gasteiger partial charge is 0.368 e. The Morgan fingerprint density at radius 2 is 1.91 bits per heavy atom. The molecule has 1 unspecified atom stereocenters. The molecule has 0 aromatic carbocycles. The topological polar surface area (TPSA) is 67.2 Å². The van der Waals surface area contributed by atoms with E-state index in [4.69, 9.17) is 0 Å². The second-order valence-electron chi connectivity index (χ2n) is 6.11. The lowest BCUT2D eigenvalue weighted by Gasteiger charge is -2.38. The van der Waals surface area contributed by atoms with Crippen LogP contribution in [0.4, 0.5) is 5.69 Å². The fourth-order valence-electron chi connectivity index (χ4n) is 3.44. The Morgan fingerprint density at radius 3 is 2.70 bits per heavy atom. The number of carbonyl (C=O) groups excluding carboxylic acids is 1. The lowest BCUT2D eigenvalue weighted by Crippen LogP contribution is -2.51. The van der Waals surface area contributed by atoms with E-state index in [0.717, 1.165) is 44.8 Å². The van der Waals surface area contributed by atoms with Crippen molar-refractivity contribution < 1.29 is 4.79 Å². The number of aromatic nitrogens is 4. The standard InChI is InChI=1S/C16H20N6O/c23-16(13-1-2-15-18-12-19-22(15)11-13)21-9-7-20(8-10-21)14-3-5-17-6-4-14/h3-6,12-13H,1-2,7-11H2. The van der Waals surface area contributed by atoms with Gasteiger partial charge in [0.1, 0.15) is 12.2 Å². The molecular formula is C16H20N6O. The van der Waals surface area contributed by atoms with Gasteiger partial charge < -0.3 is 9.80 Å². The third kappa shape index (κ3) is 2.78. The second-order valence-corrected chi connectivity index (χ2v) is 6.11. The summed E-state index contributed by atoms with van der Waals surface area (Å²) in [7, 11) is 0. The molecule has 1 amide bonds. The van der Waals surface area contributed by atoms with Crippen LogP contribution in [0.5, 0.6) is 0 Å². The number of hydrogen-bond acceptors (Lipinski definition) is 5. The lowest BCUT2D eigenvalue weighted by atomic mass is 9.98. The normalized spacial score (nSPS) is 21.1. The van der Waals surface area contributed by atoms with Crippen molar-refractivity contribution in [1.29, 1.82) is 0 Å². The van der Waals surface area contributed by atoms with Gasteiger partial charge in [0.2, 0.25) is 5.91 Å². The number of pyridine rings is 1. The molecule has 2 aliphatic rings. The molecule has 2 aliphatic heterocycles. The van der Waals surface area contributed by atoms with Gasteiger partial charge in [-0.25, -0.2) is 9.67 Å². The maximum Gasteiger partial charge on any atom is 0.227 e. The highest BCUT2D eigenvalue weighted by Gasteiger charge is 2.31. The highest BCUT2D eigenvalue weighted by atomic mass is 16.2. The average Bonchev–Trinajstić information content (AvgIpc) is 3.10. The number of aryl methyl sites for hydroxylation is 1. The highest BCUT2D eigenvalue weighted by molar-refractivity contribution is 5.79. The molecule has 1 fully saturated rings. The van der Waals surface area contributed by atoms with E-state index >= 15 is 0 Å². The van der Waals surface area contributed by atoms with E-state index in [1.807, 2.05) is 34.1 Å². The molecule has 0 spiro atoms. The molecule has 23 heavy (non-hydrogen) atoms. The zero-order valence-corrected chi connectivity index (χ0v) is 13.0. The van der Waals surface area contributed by atoms with Crippen LogP contribution in [-0.4, -0.2) is 56.7 Å². The first kappa shape index (κ1) is 14.2. The zero-order valence-electron chi connectivity index (χ0n) is 13.0. The Kier molecular flexibility index (Phi) is 3.69. The number of hydrogen-bond donors (Lipinski definition) is 0. The number of amides is 1. The van der Waals surface area contributed by atoms with Crippen LogP contribution in [0.2, 0.25) is 0 Å². The van der Waals surface area contributed by atoms with Gasteiger partial charge in [-0.3, -0.25) is 9.78 Å². The van der Waals surface area contributed by atoms with Crippen LogP contribution < -0.4 is 4.90 Å². The van der Waals surface area contributed by atoms with Gasteiger partial charge in [-0.15, -0.1) is 0 Å². The van der Waals surface area contributed by atoms with E-state index < -0.39 is 0 Å². The van der Waals surface area contributed by atoms with Crippen molar-refractivity contribution >= 4 is 11.6 Å². The van der Waals surface area contributed by atoms with Gasteiger partial charge in [0.05, 0.1) is 12.5 Å². The van der Waals surface area contributed by atoms with E-state index in [0.29, 0.717) is 6.54 Å². The summed E-state index contributed by atoms with van der Waals surface area (Å²) in [5.41, 5.74) is 1.18. The van der Waals surface area contributed by atoms with Crippen molar-refractivity contribution in [2.75, 3.05) is 31.1 Å². The molecule has 2 aromatic heterocycles. The van der Waals surface area contributed by atoms with Gasteiger partial charge >= 0.3 is 0 Å². The predicted octanol–water partition coefficient (Wildman–Crippen LogP) is 0.584. The zero-order chi connectivity index (χ0) is 15.6. The fraction of sp³-hybridized carbons (Fsp3) is 0.500. The van der Waals surface area contributed by atoms with Crippen LogP contribution in [0, 0.1) is 5.92 Å². The molecule has 2 aromatic rings. The van der Waals surface area contributed by atoms with Gasteiger partial charge in [0.15, 0.2) is 0 Å². The molecule has 120 valence electrons. The summed E-state index contributed by atoms with van der Waals surface area (Å²) in [6, 6.07) is 4.04. The van der Waals surface area contributed by atoms with Crippen molar-refractivity contribution in [2.45, 2.75) is 19.4 Å². The summed E-state index contributed by atoms with van der Waals surface area (Å²) in [5.74, 6) is 1.30. The first-order chi connectivity index (χ1) is 11.3. The van der Waals surface area contributed by atoms with Gasteiger partial charge in [0, 0.05) is 50.7 Å². The van der Waals surface area contributed by atoms with Gasteiger partial charge in [0.25, 0.3) is 0 Å². The molecule has 0 bridgehead atoms. The van der Waals surface area contributed by atoms with Crippen molar-refractivity contribution in [3.05, 3.63) is 36.7 Å². The fourth-order valence-corrected chi connectivity index (χ4v) is 3.44. The monoisotopic (exact) mass is 312 g/mol. The SMILES string of the molecule is O=C(C1CCc2ncnn2C1)N1CCN(c2ccncc2)CC1. The third-order valence-electron chi connectivity index (χ3n) is 4.77. The Labute approximate surface area is 134 Å². The Hall–Kier alpha value is -2.44. The smallest absolute Gasteiger partial charge is 0.227 e. The summed E-state index contributed by atoms with van der Waals surface area (Å²) < 4.78 is 1.87. The van der Waals surface area contributed by atoms with Crippen molar-refractivity contribution in [1.82, 2.24) is 24.6 Å². The summed E-state index contributed by atoms with van der Waals surface area (Å²) in [6.07, 6.45) is 6.92. The molecule has 0 saturated carbocycles. The second kappa shape index (κ2) is 5.98. The number of rotatable bonds is 2. The van der Waals surface area contributed by atoms with Crippen LogP contribution in [0.25, 0.3) is 0 Å². The van der Waals surface area contributed by atoms with E-state index in [1.54, 1.807) is 6.33 Å². The van der Waals surface area contributed by atoms with Crippen LogP contribution in [0.1, 0.15) is 12.2 Å². The van der Waals surface area contributed by atoms with Gasteiger partial charge in [-0.05, 0) is 18.6 Å². The molecule has 4 rings (SSSR count). The van der Waals surface area contributed by atoms with Crippen molar-refractivity contribution in [2.24, 2.45) is 5.92 Å². The minimum atomic E-state index is 0.0386. The van der Waals surface area contributed by atoms with E-state index in [1.165, 1.54) is 5.69 Å². The Balaban J connectivity index is 1.36. The molecule has 0 radical (unpaired) electrons. The summed E-state index contributed by atoms with van der Waals surface area (Å²) in [6.45, 7) is 3.97.